The number of carbonyl (C=O) groups excluding carboxylic acids is 1. The number of hydrogen-bond donors (Lipinski definition) is 4. The van der Waals surface area contributed by atoms with Gasteiger partial charge in [-0.3, -0.25) is 10.2 Å². The third-order valence-electron chi connectivity index (χ3n) is 5.29. The van der Waals surface area contributed by atoms with Gasteiger partial charge in [0.25, 0.3) is 0 Å². The number of aliphatic hydroxyl groups is 2. The van der Waals surface area contributed by atoms with Gasteiger partial charge in [0.2, 0.25) is 0 Å². The molecule has 1 aromatic carbocycles. The molecule has 4 N–H and O–H groups in total. The summed E-state index contributed by atoms with van der Waals surface area (Å²) in [5.41, 5.74) is 0.194. The first-order chi connectivity index (χ1) is 15.3. The van der Waals surface area contributed by atoms with Crippen LogP contribution in [0, 0.1) is 23.0 Å². The SMILES string of the molecule is CC(=O)/C(=C/C(=N)c1ncc(F)c(N2CCC(O)C(CO)C2)n1)NCc1ccccc1F. The lowest BCUT2D eigenvalue weighted by atomic mass is 9.95. The molecule has 2 heterocycles. The zero-order chi connectivity index (χ0) is 23.3. The van der Waals surface area contributed by atoms with E-state index < -0.39 is 23.7 Å². The highest BCUT2D eigenvalue weighted by atomic mass is 19.1. The maximum Gasteiger partial charge on any atom is 0.183 e. The summed E-state index contributed by atoms with van der Waals surface area (Å²) in [4.78, 5) is 21.6. The molecule has 0 aliphatic carbocycles. The van der Waals surface area contributed by atoms with Crippen molar-refractivity contribution in [3.05, 3.63) is 65.3 Å². The molecular formula is C22H25F2N5O3. The van der Waals surface area contributed by atoms with Crippen LogP contribution in [-0.2, 0) is 11.3 Å². The molecule has 0 radical (unpaired) electrons. The Morgan fingerprint density at radius 3 is 2.78 bits per heavy atom. The fourth-order valence-electron chi connectivity index (χ4n) is 3.42. The van der Waals surface area contributed by atoms with Crippen LogP contribution in [0.4, 0.5) is 14.6 Å². The second kappa shape index (κ2) is 10.4. The van der Waals surface area contributed by atoms with Gasteiger partial charge in [-0.2, -0.15) is 0 Å². The van der Waals surface area contributed by atoms with Crippen LogP contribution in [0.2, 0.25) is 0 Å². The highest BCUT2D eigenvalue weighted by molar-refractivity contribution is 6.09. The van der Waals surface area contributed by atoms with Gasteiger partial charge in [0.05, 0.1) is 24.6 Å². The van der Waals surface area contributed by atoms with Gasteiger partial charge in [0.1, 0.15) is 11.5 Å². The first-order valence-electron chi connectivity index (χ1n) is 10.2. The Bertz CT molecular complexity index is 1030. The lowest BCUT2D eigenvalue weighted by Gasteiger charge is -2.36. The van der Waals surface area contributed by atoms with Crippen LogP contribution >= 0.6 is 0 Å². The number of benzene rings is 1. The number of aliphatic hydroxyl groups excluding tert-OH is 2. The zero-order valence-corrected chi connectivity index (χ0v) is 17.6. The summed E-state index contributed by atoms with van der Waals surface area (Å²) in [6.07, 6.45) is 1.83. The Hall–Kier alpha value is -3.24. The molecule has 2 aromatic rings. The first-order valence-corrected chi connectivity index (χ1v) is 10.2. The van der Waals surface area contributed by atoms with Crippen molar-refractivity contribution in [2.75, 3.05) is 24.6 Å². The largest absolute Gasteiger partial charge is 0.396 e. The highest BCUT2D eigenvalue weighted by Crippen LogP contribution is 2.24. The minimum absolute atomic E-state index is 0.0396. The zero-order valence-electron chi connectivity index (χ0n) is 17.6. The van der Waals surface area contributed by atoms with Crippen molar-refractivity contribution in [2.24, 2.45) is 5.92 Å². The molecule has 1 aliphatic rings. The third-order valence-corrected chi connectivity index (χ3v) is 5.29. The van der Waals surface area contributed by atoms with Gasteiger partial charge in [-0.1, -0.05) is 18.2 Å². The van der Waals surface area contributed by atoms with Crippen molar-refractivity contribution in [2.45, 2.75) is 26.0 Å². The van der Waals surface area contributed by atoms with E-state index in [-0.39, 0.29) is 48.5 Å². The third kappa shape index (κ3) is 5.51. The van der Waals surface area contributed by atoms with Crippen molar-refractivity contribution in [3.8, 4) is 0 Å². The van der Waals surface area contributed by atoms with Gasteiger partial charge >= 0.3 is 0 Å². The lowest BCUT2D eigenvalue weighted by Crippen LogP contribution is -2.45. The van der Waals surface area contributed by atoms with Crippen LogP contribution in [0.3, 0.4) is 0 Å². The number of carbonyl (C=O) groups is 1. The number of Topliss-reactive ketones (excluding diaryl/α,β-unsaturated/α-hetero) is 1. The summed E-state index contributed by atoms with van der Waals surface area (Å²) in [5.74, 6) is -2.06. The van der Waals surface area contributed by atoms with E-state index in [0.717, 1.165) is 6.20 Å². The minimum Gasteiger partial charge on any atom is -0.396 e. The van der Waals surface area contributed by atoms with E-state index >= 15 is 0 Å². The fourth-order valence-corrected chi connectivity index (χ4v) is 3.42. The molecule has 0 amide bonds. The Kier molecular flexibility index (Phi) is 7.60. The maximum absolute atomic E-state index is 14.4. The molecular weight excluding hydrogens is 420 g/mol. The van der Waals surface area contributed by atoms with E-state index in [2.05, 4.69) is 15.3 Å². The van der Waals surface area contributed by atoms with Gasteiger partial charge in [-0.15, -0.1) is 0 Å². The number of nitrogens with zero attached hydrogens (tertiary/aromatic N) is 3. The van der Waals surface area contributed by atoms with E-state index in [1.165, 1.54) is 19.1 Å². The summed E-state index contributed by atoms with van der Waals surface area (Å²) in [6, 6.07) is 6.13. The topological polar surface area (TPSA) is 122 Å². The summed E-state index contributed by atoms with van der Waals surface area (Å²) in [7, 11) is 0. The second-order valence-corrected chi connectivity index (χ2v) is 7.58. The predicted octanol–water partition coefficient (Wildman–Crippen LogP) is 1.56. The molecule has 0 bridgehead atoms. The molecule has 0 saturated carbocycles. The van der Waals surface area contributed by atoms with Crippen LogP contribution in [0.25, 0.3) is 0 Å². The predicted molar refractivity (Wildman–Crippen MR) is 114 cm³/mol. The molecule has 2 unspecified atom stereocenters. The number of allylic oxidation sites excluding steroid dienone is 2. The molecule has 1 aromatic heterocycles. The van der Waals surface area contributed by atoms with E-state index in [1.54, 1.807) is 23.1 Å². The number of halogens is 2. The van der Waals surface area contributed by atoms with Crippen molar-refractivity contribution >= 4 is 17.3 Å². The number of aromatic nitrogens is 2. The standard InChI is InChI=1S/C22H25F2N5O3/c1-13(31)19(26-9-14-4-2-3-5-16(14)23)8-18(25)21-27-10-17(24)22(28-21)29-7-6-20(32)15(11-29)12-30/h2-5,8,10,15,20,25-26,30,32H,6-7,9,11-12H2,1H3/b19-8-,25-18?. The van der Waals surface area contributed by atoms with E-state index in [0.29, 0.717) is 18.5 Å². The van der Waals surface area contributed by atoms with Crippen LogP contribution in [0.5, 0.6) is 0 Å². The van der Waals surface area contributed by atoms with Crippen molar-refractivity contribution < 1.29 is 23.8 Å². The highest BCUT2D eigenvalue weighted by Gasteiger charge is 2.29. The molecule has 8 nitrogen and oxygen atoms in total. The van der Waals surface area contributed by atoms with Crippen molar-refractivity contribution in [3.63, 3.8) is 0 Å². The molecule has 2 atom stereocenters. The number of hydrogen-bond acceptors (Lipinski definition) is 8. The summed E-state index contributed by atoms with van der Waals surface area (Å²) >= 11 is 0. The van der Waals surface area contributed by atoms with E-state index in [1.807, 2.05) is 0 Å². The lowest BCUT2D eigenvalue weighted by molar-refractivity contribution is -0.114. The Labute approximate surface area is 184 Å². The molecule has 0 spiro atoms. The normalized spacial score (nSPS) is 19.0. The van der Waals surface area contributed by atoms with Crippen LogP contribution in [0.1, 0.15) is 24.7 Å². The fraction of sp³-hybridized carbons (Fsp3) is 0.364. The number of nitrogens with one attached hydrogen (secondary N) is 2. The second-order valence-electron chi connectivity index (χ2n) is 7.58. The number of anilines is 1. The average molecular weight is 445 g/mol. The van der Waals surface area contributed by atoms with Crippen molar-refractivity contribution in [1.29, 1.82) is 5.41 Å². The molecule has 1 aliphatic heterocycles. The Morgan fingerprint density at radius 1 is 1.34 bits per heavy atom. The minimum atomic E-state index is -0.692. The van der Waals surface area contributed by atoms with Gasteiger partial charge < -0.3 is 20.4 Å². The summed E-state index contributed by atoms with van der Waals surface area (Å²) < 4.78 is 28.2. The first kappa shape index (κ1) is 23.4. The summed E-state index contributed by atoms with van der Waals surface area (Å²) in [6.45, 7) is 1.64. The smallest absolute Gasteiger partial charge is 0.183 e. The van der Waals surface area contributed by atoms with Gasteiger partial charge in [-0.25, -0.2) is 18.7 Å². The molecule has 170 valence electrons. The monoisotopic (exact) mass is 445 g/mol. The van der Waals surface area contributed by atoms with Gasteiger partial charge in [-0.05, 0) is 18.6 Å². The van der Waals surface area contributed by atoms with Crippen LogP contribution in [-0.4, -0.2) is 57.5 Å². The Balaban J connectivity index is 1.79. The average Bonchev–Trinajstić information content (AvgIpc) is 2.78. The molecule has 1 saturated heterocycles. The van der Waals surface area contributed by atoms with Crippen LogP contribution < -0.4 is 10.2 Å². The number of rotatable bonds is 8. The van der Waals surface area contributed by atoms with Crippen LogP contribution in [0.15, 0.2) is 42.2 Å². The number of ketones is 1. The molecule has 32 heavy (non-hydrogen) atoms. The van der Waals surface area contributed by atoms with Gasteiger partial charge in [0, 0.05) is 38.0 Å². The summed E-state index contributed by atoms with van der Waals surface area (Å²) in [5, 5.41) is 30.5. The number of piperidine rings is 1. The maximum atomic E-state index is 14.4. The molecule has 1 fully saturated rings. The quantitative estimate of drug-likeness (QED) is 0.359. The van der Waals surface area contributed by atoms with E-state index in [4.69, 9.17) is 5.41 Å². The van der Waals surface area contributed by atoms with E-state index in [9.17, 15) is 23.8 Å². The van der Waals surface area contributed by atoms with Gasteiger partial charge in [0.15, 0.2) is 23.2 Å². The molecule has 10 heteroatoms. The Morgan fingerprint density at radius 2 is 2.09 bits per heavy atom. The molecule has 3 rings (SSSR count). The van der Waals surface area contributed by atoms with Crippen molar-refractivity contribution in [1.82, 2.24) is 15.3 Å².